The minimum Gasteiger partial charge on any atom is -0.459 e. The summed E-state index contributed by atoms with van der Waals surface area (Å²) in [5.74, 6) is -0.946. The van der Waals surface area contributed by atoms with Gasteiger partial charge in [0.15, 0.2) is 0 Å². The molecule has 0 unspecified atom stereocenters. The maximum absolute atomic E-state index is 13.1. The monoisotopic (exact) mass is 468 g/mol. The maximum atomic E-state index is 13.1. The van der Waals surface area contributed by atoms with Crippen molar-refractivity contribution >= 4 is 18.0 Å². The molecule has 0 heterocycles. The first-order chi connectivity index (χ1) is 16.3. The van der Waals surface area contributed by atoms with Crippen molar-refractivity contribution in [2.45, 2.75) is 65.8 Å². The summed E-state index contributed by atoms with van der Waals surface area (Å²) in [7, 11) is 0. The molecule has 3 atom stereocenters. The van der Waals surface area contributed by atoms with E-state index in [1.54, 1.807) is 0 Å². The third kappa shape index (κ3) is 9.25. The van der Waals surface area contributed by atoms with Crippen LogP contribution in [0.5, 0.6) is 0 Å². The summed E-state index contributed by atoms with van der Waals surface area (Å²) in [6.45, 7) is 7.96. The van der Waals surface area contributed by atoms with Gasteiger partial charge in [-0.25, -0.2) is 9.59 Å². The first-order valence-electron chi connectivity index (χ1n) is 11.8. The highest BCUT2D eigenvalue weighted by atomic mass is 16.5. The topological polar surface area (TPSA) is 93.7 Å². The van der Waals surface area contributed by atoms with E-state index < -0.39 is 30.1 Å². The van der Waals surface area contributed by atoms with Crippen molar-refractivity contribution in [1.29, 1.82) is 0 Å². The molecule has 0 bridgehead atoms. The largest absolute Gasteiger partial charge is 0.459 e. The quantitative estimate of drug-likeness (QED) is 0.444. The summed E-state index contributed by atoms with van der Waals surface area (Å²) in [5, 5.41) is 5.46. The minimum atomic E-state index is -0.843. The molecule has 0 aliphatic carbocycles. The highest BCUT2D eigenvalue weighted by Gasteiger charge is 2.31. The first-order valence-corrected chi connectivity index (χ1v) is 11.8. The number of benzene rings is 2. The zero-order valence-electron chi connectivity index (χ0n) is 20.5. The molecule has 7 heteroatoms. The molecule has 34 heavy (non-hydrogen) atoms. The van der Waals surface area contributed by atoms with Gasteiger partial charge in [-0.05, 0) is 29.4 Å². The van der Waals surface area contributed by atoms with Gasteiger partial charge in [0.05, 0.1) is 0 Å². The van der Waals surface area contributed by atoms with E-state index in [0.717, 1.165) is 11.1 Å². The minimum absolute atomic E-state index is 0.101. The number of alkyl carbamates (subject to hydrolysis) is 1. The van der Waals surface area contributed by atoms with Gasteiger partial charge < -0.3 is 20.1 Å². The average molecular weight is 469 g/mol. The third-order valence-corrected chi connectivity index (χ3v) is 5.51. The van der Waals surface area contributed by atoms with E-state index in [1.165, 1.54) is 0 Å². The Balaban J connectivity index is 2.00. The van der Waals surface area contributed by atoms with Gasteiger partial charge in [0, 0.05) is 0 Å². The zero-order chi connectivity index (χ0) is 24.9. The smallest absolute Gasteiger partial charge is 0.408 e. The Bertz CT molecular complexity index is 902. The molecule has 0 spiro atoms. The van der Waals surface area contributed by atoms with Crippen molar-refractivity contribution in [3.8, 4) is 0 Å². The maximum Gasteiger partial charge on any atom is 0.408 e. The molecule has 2 rings (SSSR count). The summed E-state index contributed by atoms with van der Waals surface area (Å²) in [4.78, 5) is 38.3. The lowest BCUT2D eigenvalue weighted by atomic mass is 9.97. The normalized spacial score (nSPS) is 13.4. The van der Waals surface area contributed by atoms with E-state index in [9.17, 15) is 14.4 Å². The van der Waals surface area contributed by atoms with Crippen LogP contribution in [0.25, 0.3) is 0 Å². The molecule has 0 radical (unpaired) electrons. The Morgan fingerprint density at radius 2 is 1.32 bits per heavy atom. The number of amides is 2. The second-order valence-corrected chi connectivity index (χ2v) is 8.85. The van der Waals surface area contributed by atoms with E-state index >= 15 is 0 Å². The standard InChI is InChI=1S/C27H36N2O5/c1-5-20(4)24(29-27(32)34-18-22-14-10-7-11-15-22)25(30)28-23(16-19(2)3)26(31)33-17-21-12-8-6-9-13-21/h6-15,19-20,23-24H,5,16-18H2,1-4H3,(H,28,30)(H,29,32)/t20-,23-,24-/m0/s1. The SMILES string of the molecule is CC[C@H](C)[C@H](NC(=O)OCc1ccccc1)C(=O)N[C@@H](CC(C)C)C(=O)OCc1ccccc1. The molecule has 0 saturated carbocycles. The van der Waals surface area contributed by atoms with Gasteiger partial charge in [0.25, 0.3) is 0 Å². The van der Waals surface area contributed by atoms with E-state index in [4.69, 9.17) is 9.47 Å². The Labute approximate surface area is 202 Å². The molecule has 0 aromatic heterocycles. The van der Waals surface area contributed by atoms with Crippen molar-refractivity contribution in [2.75, 3.05) is 0 Å². The van der Waals surface area contributed by atoms with Gasteiger partial charge in [0.2, 0.25) is 5.91 Å². The van der Waals surface area contributed by atoms with Crippen LogP contribution in [0, 0.1) is 11.8 Å². The molecule has 2 aromatic rings. The van der Waals surface area contributed by atoms with Crippen molar-refractivity contribution in [1.82, 2.24) is 10.6 Å². The molecule has 0 saturated heterocycles. The summed E-state index contributed by atoms with van der Waals surface area (Å²) in [5.41, 5.74) is 1.71. The van der Waals surface area contributed by atoms with Gasteiger partial charge in [-0.3, -0.25) is 4.79 Å². The van der Waals surface area contributed by atoms with Gasteiger partial charge in [-0.1, -0.05) is 94.8 Å². The second-order valence-electron chi connectivity index (χ2n) is 8.85. The van der Waals surface area contributed by atoms with Crippen LogP contribution < -0.4 is 10.6 Å². The van der Waals surface area contributed by atoms with E-state index in [1.807, 2.05) is 88.4 Å². The predicted molar refractivity (Wildman–Crippen MR) is 131 cm³/mol. The van der Waals surface area contributed by atoms with Crippen LogP contribution in [0.4, 0.5) is 4.79 Å². The number of esters is 1. The fraction of sp³-hybridized carbons (Fsp3) is 0.444. The van der Waals surface area contributed by atoms with Gasteiger partial charge >= 0.3 is 12.1 Å². The fourth-order valence-corrected chi connectivity index (χ4v) is 3.37. The second kappa shape index (κ2) is 14.0. The molecule has 2 N–H and O–H groups in total. The molecule has 2 amide bonds. The van der Waals surface area contributed by atoms with Crippen LogP contribution in [-0.2, 0) is 32.3 Å². The number of carbonyl (C=O) groups excluding carboxylic acids is 3. The molecular weight excluding hydrogens is 432 g/mol. The van der Waals surface area contributed by atoms with Crippen molar-refractivity contribution in [3.63, 3.8) is 0 Å². The number of ether oxygens (including phenoxy) is 2. The molecule has 2 aromatic carbocycles. The van der Waals surface area contributed by atoms with Crippen LogP contribution in [0.15, 0.2) is 60.7 Å². The van der Waals surface area contributed by atoms with Gasteiger partial charge in [0.1, 0.15) is 25.3 Å². The number of hydrogen-bond acceptors (Lipinski definition) is 5. The molecule has 0 aliphatic heterocycles. The number of nitrogens with one attached hydrogen (secondary N) is 2. The van der Waals surface area contributed by atoms with Crippen LogP contribution >= 0.6 is 0 Å². The fourth-order valence-electron chi connectivity index (χ4n) is 3.37. The van der Waals surface area contributed by atoms with Crippen LogP contribution in [0.3, 0.4) is 0 Å². The molecule has 0 fully saturated rings. The van der Waals surface area contributed by atoms with Crippen LogP contribution in [0.2, 0.25) is 0 Å². The molecular formula is C27H36N2O5. The van der Waals surface area contributed by atoms with Crippen LogP contribution in [-0.4, -0.2) is 30.1 Å². The van der Waals surface area contributed by atoms with E-state index in [2.05, 4.69) is 10.6 Å². The Morgan fingerprint density at radius 1 is 0.794 bits per heavy atom. The van der Waals surface area contributed by atoms with Gasteiger partial charge in [-0.2, -0.15) is 0 Å². The van der Waals surface area contributed by atoms with E-state index in [-0.39, 0.29) is 25.0 Å². The lowest BCUT2D eigenvalue weighted by Crippen LogP contribution is -2.54. The zero-order valence-corrected chi connectivity index (χ0v) is 20.5. The summed E-state index contributed by atoms with van der Waals surface area (Å²) in [6, 6.07) is 17.0. The van der Waals surface area contributed by atoms with Crippen molar-refractivity contribution in [2.24, 2.45) is 11.8 Å². The first kappa shape index (κ1) is 26.9. The highest BCUT2D eigenvalue weighted by Crippen LogP contribution is 2.13. The summed E-state index contributed by atoms with van der Waals surface area (Å²) >= 11 is 0. The number of rotatable bonds is 12. The Kier molecular flexibility index (Phi) is 11.1. The van der Waals surface area contributed by atoms with Crippen molar-refractivity contribution in [3.05, 3.63) is 71.8 Å². The average Bonchev–Trinajstić information content (AvgIpc) is 2.84. The number of carbonyl (C=O) groups is 3. The van der Waals surface area contributed by atoms with Crippen molar-refractivity contribution < 1.29 is 23.9 Å². The van der Waals surface area contributed by atoms with E-state index in [0.29, 0.717) is 12.8 Å². The van der Waals surface area contributed by atoms with Crippen LogP contribution in [0.1, 0.15) is 51.7 Å². The highest BCUT2D eigenvalue weighted by molar-refractivity contribution is 5.89. The molecule has 184 valence electrons. The Morgan fingerprint density at radius 3 is 1.82 bits per heavy atom. The lowest BCUT2D eigenvalue weighted by Gasteiger charge is -2.26. The third-order valence-electron chi connectivity index (χ3n) is 5.51. The summed E-state index contributed by atoms with van der Waals surface area (Å²) < 4.78 is 10.7. The van der Waals surface area contributed by atoms with Gasteiger partial charge in [-0.15, -0.1) is 0 Å². The number of hydrogen-bond donors (Lipinski definition) is 2. The summed E-state index contributed by atoms with van der Waals surface area (Å²) in [6.07, 6.45) is 0.395. The predicted octanol–water partition coefficient (Wildman–Crippen LogP) is 4.60. The lowest BCUT2D eigenvalue weighted by molar-refractivity contribution is -0.150. The molecule has 7 nitrogen and oxygen atoms in total. The molecule has 0 aliphatic rings. The Hall–Kier alpha value is -3.35.